The number of halogens is 1. The lowest BCUT2D eigenvalue weighted by molar-refractivity contribution is 0.102. The molecule has 33 heavy (non-hydrogen) atoms. The van der Waals surface area contributed by atoms with Crippen molar-refractivity contribution in [3.05, 3.63) is 88.2 Å². The summed E-state index contributed by atoms with van der Waals surface area (Å²) in [5.74, 6) is -0.0531. The number of amides is 3. The Kier molecular flexibility index (Phi) is 6.94. The number of urea groups is 1. The number of likely N-dealkylation sites (tertiary alicyclic amines) is 1. The molecule has 1 aliphatic heterocycles. The predicted octanol–water partition coefficient (Wildman–Crippen LogP) is 6.02. The van der Waals surface area contributed by atoms with Crippen molar-refractivity contribution in [1.82, 2.24) is 9.88 Å². The summed E-state index contributed by atoms with van der Waals surface area (Å²) in [4.78, 5) is 32.3. The van der Waals surface area contributed by atoms with Gasteiger partial charge in [-0.3, -0.25) is 9.78 Å². The fraction of sp³-hybridized carbons (Fsp3) is 0.269. The molecule has 0 unspecified atom stereocenters. The third-order valence-corrected chi connectivity index (χ3v) is 6.06. The molecule has 2 aromatic carbocycles. The van der Waals surface area contributed by atoms with Gasteiger partial charge in [0.25, 0.3) is 5.91 Å². The zero-order chi connectivity index (χ0) is 23.4. The van der Waals surface area contributed by atoms with Gasteiger partial charge >= 0.3 is 6.03 Å². The van der Waals surface area contributed by atoms with Gasteiger partial charge in [-0.05, 0) is 74.7 Å². The maximum atomic E-state index is 13.1. The van der Waals surface area contributed by atoms with Gasteiger partial charge in [-0.15, -0.1) is 0 Å². The number of carbonyl (C=O) groups excluding carboxylic acids is 2. The summed E-state index contributed by atoms with van der Waals surface area (Å²) in [6.45, 7) is 5.10. The topological polar surface area (TPSA) is 74.3 Å². The van der Waals surface area contributed by atoms with Crippen LogP contribution in [0.15, 0.2) is 60.7 Å². The summed E-state index contributed by atoms with van der Waals surface area (Å²) in [5, 5.41) is 6.47. The number of aromatic nitrogens is 1. The number of hydrogen-bond acceptors (Lipinski definition) is 3. The highest BCUT2D eigenvalue weighted by atomic mass is 35.5. The third kappa shape index (κ3) is 5.71. The maximum absolute atomic E-state index is 13.1. The summed E-state index contributed by atoms with van der Waals surface area (Å²) in [6, 6.07) is 18.4. The Morgan fingerprint density at radius 1 is 0.939 bits per heavy atom. The summed E-state index contributed by atoms with van der Waals surface area (Å²) in [5.41, 5.74) is 4.78. The Labute approximate surface area is 199 Å². The number of nitrogens with zero attached hydrogens (tertiary/aromatic N) is 2. The van der Waals surface area contributed by atoms with E-state index in [2.05, 4.69) is 10.6 Å². The minimum Gasteiger partial charge on any atom is -0.324 e. The van der Waals surface area contributed by atoms with E-state index in [9.17, 15) is 9.59 Å². The average molecular weight is 463 g/mol. The van der Waals surface area contributed by atoms with Gasteiger partial charge < -0.3 is 15.5 Å². The Hall–Kier alpha value is -3.38. The highest BCUT2D eigenvalue weighted by Gasteiger charge is 2.28. The van der Waals surface area contributed by atoms with Crippen LogP contribution in [0, 0.1) is 13.8 Å². The van der Waals surface area contributed by atoms with Gasteiger partial charge in [0.2, 0.25) is 0 Å². The van der Waals surface area contributed by atoms with Gasteiger partial charge in [-0.1, -0.05) is 29.8 Å². The van der Waals surface area contributed by atoms with Gasteiger partial charge in [-0.2, -0.15) is 0 Å². The Balaban J connectivity index is 1.44. The van der Waals surface area contributed by atoms with Crippen molar-refractivity contribution in [2.75, 3.05) is 23.7 Å². The van der Waals surface area contributed by atoms with Crippen LogP contribution in [0.2, 0.25) is 5.02 Å². The molecule has 2 N–H and O–H groups in total. The molecule has 1 aliphatic rings. The van der Waals surface area contributed by atoms with Crippen LogP contribution >= 0.6 is 11.6 Å². The van der Waals surface area contributed by atoms with Crippen molar-refractivity contribution in [1.29, 1.82) is 0 Å². The molecule has 0 bridgehead atoms. The van der Waals surface area contributed by atoms with Crippen LogP contribution in [0.4, 0.5) is 16.2 Å². The standard InChI is InChI=1S/C26H27ClN4O2/c1-17-5-3-7-21(15-17)29-25(32)23-10-9-18(2)28-24(23)19-11-13-31(14-12-19)26(33)30-22-8-4-6-20(27)16-22/h3-10,15-16,19H,11-14H2,1-2H3,(H,29,32)(H,30,33). The molecule has 170 valence electrons. The number of piperidine rings is 1. The van der Waals surface area contributed by atoms with E-state index in [1.165, 1.54) is 0 Å². The smallest absolute Gasteiger partial charge is 0.321 e. The minimum absolute atomic E-state index is 0.110. The lowest BCUT2D eigenvalue weighted by Crippen LogP contribution is -2.41. The molecule has 4 rings (SSSR count). The molecule has 7 heteroatoms. The predicted molar refractivity (Wildman–Crippen MR) is 132 cm³/mol. The van der Waals surface area contributed by atoms with Crippen LogP contribution in [-0.4, -0.2) is 34.9 Å². The Morgan fingerprint density at radius 3 is 2.33 bits per heavy atom. The van der Waals surface area contributed by atoms with Gasteiger partial charge in [0.05, 0.1) is 11.3 Å². The minimum atomic E-state index is -0.163. The Morgan fingerprint density at radius 2 is 1.64 bits per heavy atom. The summed E-state index contributed by atoms with van der Waals surface area (Å²) in [6.07, 6.45) is 1.48. The monoisotopic (exact) mass is 462 g/mol. The molecule has 3 amide bonds. The fourth-order valence-corrected chi connectivity index (χ4v) is 4.32. The molecule has 0 saturated carbocycles. The molecule has 1 saturated heterocycles. The van der Waals surface area contributed by atoms with Crippen LogP contribution in [0.1, 0.15) is 46.1 Å². The fourth-order valence-electron chi connectivity index (χ4n) is 4.13. The second kappa shape index (κ2) is 10.0. The zero-order valence-corrected chi connectivity index (χ0v) is 19.5. The molecular weight excluding hydrogens is 436 g/mol. The molecule has 3 aromatic rings. The zero-order valence-electron chi connectivity index (χ0n) is 18.8. The highest BCUT2D eigenvalue weighted by Crippen LogP contribution is 2.30. The molecule has 6 nitrogen and oxygen atoms in total. The van der Waals surface area contributed by atoms with Crippen molar-refractivity contribution in [3.63, 3.8) is 0 Å². The number of benzene rings is 2. The van der Waals surface area contributed by atoms with Crippen molar-refractivity contribution in [2.24, 2.45) is 0 Å². The van der Waals surface area contributed by atoms with E-state index >= 15 is 0 Å². The first kappa shape index (κ1) is 22.8. The van der Waals surface area contributed by atoms with E-state index in [-0.39, 0.29) is 17.9 Å². The molecule has 0 radical (unpaired) electrons. The van der Waals surface area contributed by atoms with E-state index in [1.54, 1.807) is 23.1 Å². The molecule has 2 heterocycles. The van der Waals surface area contributed by atoms with Crippen molar-refractivity contribution in [3.8, 4) is 0 Å². The average Bonchev–Trinajstić information content (AvgIpc) is 2.79. The number of nitrogens with one attached hydrogen (secondary N) is 2. The molecule has 1 aromatic heterocycles. The lowest BCUT2D eigenvalue weighted by Gasteiger charge is -2.32. The maximum Gasteiger partial charge on any atom is 0.321 e. The van der Waals surface area contributed by atoms with Crippen molar-refractivity contribution in [2.45, 2.75) is 32.6 Å². The second-order valence-electron chi connectivity index (χ2n) is 8.41. The first-order chi connectivity index (χ1) is 15.9. The van der Waals surface area contributed by atoms with Gasteiger partial charge in [0.1, 0.15) is 0 Å². The van der Waals surface area contributed by atoms with Crippen LogP contribution in [0.5, 0.6) is 0 Å². The number of aryl methyl sites for hydroxylation is 2. The number of pyridine rings is 1. The Bertz CT molecular complexity index is 1170. The number of rotatable bonds is 4. The van der Waals surface area contributed by atoms with Crippen molar-refractivity contribution >= 4 is 34.9 Å². The lowest BCUT2D eigenvalue weighted by atomic mass is 9.90. The molecular formula is C26H27ClN4O2. The summed E-state index contributed by atoms with van der Waals surface area (Å²) in [7, 11) is 0. The SMILES string of the molecule is Cc1cccc(NC(=O)c2ccc(C)nc2C2CCN(C(=O)Nc3cccc(Cl)c3)CC2)c1. The van der Waals surface area contributed by atoms with Gasteiger partial charge in [0.15, 0.2) is 0 Å². The van der Waals surface area contributed by atoms with E-state index in [0.717, 1.165) is 35.5 Å². The first-order valence-electron chi connectivity index (χ1n) is 11.1. The van der Waals surface area contributed by atoms with Crippen LogP contribution in [0.3, 0.4) is 0 Å². The van der Waals surface area contributed by atoms with E-state index in [0.29, 0.717) is 29.4 Å². The van der Waals surface area contributed by atoms with E-state index in [4.69, 9.17) is 16.6 Å². The van der Waals surface area contributed by atoms with Crippen LogP contribution in [0.25, 0.3) is 0 Å². The van der Waals surface area contributed by atoms with Gasteiger partial charge in [0, 0.05) is 41.1 Å². The third-order valence-electron chi connectivity index (χ3n) is 5.83. The molecule has 1 fully saturated rings. The number of carbonyl (C=O) groups is 2. The van der Waals surface area contributed by atoms with Crippen LogP contribution in [-0.2, 0) is 0 Å². The quantitative estimate of drug-likeness (QED) is 0.498. The summed E-state index contributed by atoms with van der Waals surface area (Å²) >= 11 is 6.01. The van der Waals surface area contributed by atoms with E-state index in [1.807, 2.05) is 56.3 Å². The van der Waals surface area contributed by atoms with Gasteiger partial charge in [-0.25, -0.2) is 4.79 Å². The van der Waals surface area contributed by atoms with Crippen LogP contribution < -0.4 is 10.6 Å². The van der Waals surface area contributed by atoms with E-state index < -0.39 is 0 Å². The highest BCUT2D eigenvalue weighted by molar-refractivity contribution is 6.30. The molecule has 0 spiro atoms. The number of anilines is 2. The molecule has 0 atom stereocenters. The first-order valence-corrected chi connectivity index (χ1v) is 11.4. The largest absolute Gasteiger partial charge is 0.324 e. The normalized spacial score (nSPS) is 14.1. The number of hydrogen-bond donors (Lipinski definition) is 2. The molecule has 0 aliphatic carbocycles. The van der Waals surface area contributed by atoms with Crippen molar-refractivity contribution < 1.29 is 9.59 Å². The second-order valence-corrected chi connectivity index (χ2v) is 8.85. The summed E-state index contributed by atoms with van der Waals surface area (Å²) < 4.78 is 0.